The van der Waals surface area contributed by atoms with E-state index in [4.69, 9.17) is 9.72 Å². The van der Waals surface area contributed by atoms with Gasteiger partial charge in [-0.05, 0) is 25.1 Å². The Labute approximate surface area is 146 Å². The standard InChI is InChI=1S/C21H19FN2O/c1-15-6-8-16(9-7-15)20-14-24(17-10-12-25-13-11-17)21(23-20)18-4-2-3-5-19(18)22/h2-10,14H,11-13H2,1H3. The quantitative estimate of drug-likeness (QED) is 0.679. The Morgan fingerprint density at radius 1 is 1.08 bits per heavy atom. The van der Waals surface area contributed by atoms with Crippen molar-refractivity contribution < 1.29 is 9.13 Å². The molecule has 0 spiro atoms. The monoisotopic (exact) mass is 334 g/mol. The number of nitrogens with zero attached hydrogens (tertiary/aromatic N) is 2. The first-order valence-electron chi connectivity index (χ1n) is 8.41. The summed E-state index contributed by atoms with van der Waals surface area (Å²) in [6.07, 6.45) is 4.81. The zero-order chi connectivity index (χ0) is 17.2. The molecule has 1 aliphatic rings. The van der Waals surface area contributed by atoms with Gasteiger partial charge < -0.3 is 9.30 Å². The second-order valence-corrected chi connectivity index (χ2v) is 6.19. The lowest BCUT2D eigenvalue weighted by Gasteiger charge is -2.16. The highest BCUT2D eigenvalue weighted by Gasteiger charge is 2.18. The molecule has 0 bridgehead atoms. The van der Waals surface area contributed by atoms with Gasteiger partial charge in [-0.1, -0.05) is 42.0 Å². The Kier molecular flexibility index (Phi) is 4.20. The van der Waals surface area contributed by atoms with Crippen LogP contribution in [0, 0.1) is 12.7 Å². The molecule has 0 unspecified atom stereocenters. The third-order valence-corrected chi connectivity index (χ3v) is 4.42. The van der Waals surface area contributed by atoms with E-state index in [0.29, 0.717) is 24.6 Å². The Bertz CT molecular complexity index is 925. The van der Waals surface area contributed by atoms with Gasteiger partial charge >= 0.3 is 0 Å². The molecule has 126 valence electrons. The van der Waals surface area contributed by atoms with Crippen molar-refractivity contribution >= 4 is 5.70 Å². The Hall–Kier alpha value is -2.72. The summed E-state index contributed by atoms with van der Waals surface area (Å²) in [7, 11) is 0. The zero-order valence-electron chi connectivity index (χ0n) is 14.1. The number of aromatic nitrogens is 2. The van der Waals surface area contributed by atoms with Crippen LogP contribution in [0.25, 0.3) is 28.3 Å². The first kappa shape index (κ1) is 15.8. The summed E-state index contributed by atoms with van der Waals surface area (Å²) in [5.41, 5.74) is 4.66. The summed E-state index contributed by atoms with van der Waals surface area (Å²) in [5, 5.41) is 0. The number of hydrogen-bond donors (Lipinski definition) is 0. The largest absolute Gasteiger partial charge is 0.377 e. The van der Waals surface area contributed by atoms with Crippen LogP contribution in [0.2, 0.25) is 0 Å². The van der Waals surface area contributed by atoms with Crippen molar-refractivity contribution in [1.82, 2.24) is 9.55 Å². The minimum Gasteiger partial charge on any atom is -0.377 e. The highest BCUT2D eigenvalue weighted by atomic mass is 19.1. The summed E-state index contributed by atoms with van der Waals surface area (Å²) < 4.78 is 21.8. The van der Waals surface area contributed by atoms with Crippen molar-refractivity contribution in [3.63, 3.8) is 0 Å². The molecule has 4 rings (SSSR count). The molecule has 0 aliphatic carbocycles. The number of halogens is 1. The molecule has 0 atom stereocenters. The van der Waals surface area contributed by atoms with Crippen molar-refractivity contribution in [3.8, 4) is 22.6 Å². The lowest BCUT2D eigenvalue weighted by atomic mass is 10.1. The molecular weight excluding hydrogens is 315 g/mol. The van der Waals surface area contributed by atoms with E-state index in [1.54, 1.807) is 12.1 Å². The number of ether oxygens (including phenoxy) is 1. The topological polar surface area (TPSA) is 27.1 Å². The SMILES string of the molecule is Cc1ccc(-c2cn(C3=CCOCC3)c(-c3ccccc3F)n2)cc1. The molecule has 0 saturated heterocycles. The van der Waals surface area contributed by atoms with Crippen molar-refractivity contribution in [1.29, 1.82) is 0 Å². The second-order valence-electron chi connectivity index (χ2n) is 6.19. The highest BCUT2D eigenvalue weighted by Crippen LogP contribution is 2.30. The molecule has 0 amide bonds. The number of aryl methyl sites for hydroxylation is 1. The van der Waals surface area contributed by atoms with E-state index in [-0.39, 0.29) is 5.82 Å². The van der Waals surface area contributed by atoms with Gasteiger partial charge in [-0.3, -0.25) is 0 Å². The predicted molar refractivity (Wildman–Crippen MR) is 97.5 cm³/mol. The normalized spacial score (nSPS) is 14.4. The molecule has 25 heavy (non-hydrogen) atoms. The average molecular weight is 334 g/mol. The van der Waals surface area contributed by atoms with Gasteiger partial charge in [0.1, 0.15) is 11.6 Å². The van der Waals surface area contributed by atoms with Crippen LogP contribution in [-0.4, -0.2) is 22.8 Å². The predicted octanol–water partition coefficient (Wildman–Crippen LogP) is 4.93. The molecule has 0 fully saturated rings. The van der Waals surface area contributed by atoms with Crippen molar-refractivity contribution in [2.24, 2.45) is 0 Å². The number of rotatable bonds is 3. The van der Waals surface area contributed by atoms with Crippen LogP contribution in [-0.2, 0) is 4.74 Å². The average Bonchev–Trinajstić information content (AvgIpc) is 3.08. The van der Waals surface area contributed by atoms with Crippen LogP contribution in [0.4, 0.5) is 4.39 Å². The number of hydrogen-bond acceptors (Lipinski definition) is 2. The first-order valence-corrected chi connectivity index (χ1v) is 8.41. The molecule has 3 aromatic rings. The van der Waals surface area contributed by atoms with Crippen molar-refractivity contribution in [2.45, 2.75) is 13.3 Å². The fourth-order valence-corrected chi connectivity index (χ4v) is 3.03. The molecule has 0 N–H and O–H groups in total. The lowest BCUT2D eigenvalue weighted by Crippen LogP contribution is -2.09. The maximum Gasteiger partial charge on any atom is 0.147 e. The molecule has 0 radical (unpaired) electrons. The van der Waals surface area contributed by atoms with Crippen LogP contribution < -0.4 is 0 Å². The molecule has 1 aromatic heterocycles. The minimum atomic E-state index is -0.266. The highest BCUT2D eigenvalue weighted by molar-refractivity contribution is 5.70. The molecule has 2 heterocycles. The molecule has 1 aliphatic heterocycles. The van der Waals surface area contributed by atoms with Gasteiger partial charge in [0.25, 0.3) is 0 Å². The van der Waals surface area contributed by atoms with Gasteiger partial charge in [-0.15, -0.1) is 0 Å². The van der Waals surface area contributed by atoms with E-state index in [2.05, 4.69) is 19.1 Å². The van der Waals surface area contributed by atoms with E-state index in [1.165, 1.54) is 11.6 Å². The summed E-state index contributed by atoms with van der Waals surface area (Å²) in [6.45, 7) is 3.30. The Morgan fingerprint density at radius 2 is 1.88 bits per heavy atom. The summed E-state index contributed by atoms with van der Waals surface area (Å²) in [6, 6.07) is 15.0. The Morgan fingerprint density at radius 3 is 2.60 bits per heavy atom. The van der Waals surface area contributed by atoms with Crippen LogP contribution in [0.5, 0.6) is 0 Å². The molecule has 4 heteroatoms. The van der Waals surface area contributed by atoms with Crippen LogP contribution in [0.3, 0.4) is 0 Å². The van der Waals surface area contributed by atoms with Gasteiger partial charge in [0, 0.05) is 23.9 Å². The van der Waals surface area contributed by atoms with Gasteiger partial charge in [0.2, 0.25) is 0 Å². The fourth-order valence-electron chi connectivity index (χ4n) is 3.03. The van der Waals surface area contributed by atoms with E-state index in [0.717, 1.165) is 23.4 Å². The van der Waals surface area contributed by atoms with Gasteiger partial charge in [-0.2, -0.15) is 0 Å². The zero-order valence-corrected chi connectivity index (χ0v) is 14.1. The summed E-state index contributed by atoms with van der Waals surface area (Å²) in [5.74, 6) is 0.360. The summed E-state index contributed by atoms with van der Waals surface area (Å²) in [4.78, 5) is 4.76. The molecule has 2 aromatic carbocycles. The van der Waals surface area contributed by atoms with Crippen LogP contribution >= 0.6 is 0 Å². The number of imidazole rings is 1. The van der Waals surface area contributed by atoms with E-state index >= 15 is 0 Å². The van der Waals surface area contributed by atoms with Crippen LogP contribution in [0.15, 0.2) is 60.8 Å². The van der Waals surface area contributed by atoms with E-state index in [1.807, 2.05) is 35.0 Å². The van der Waals surface area contributed by atoms with Crippen molar-refractivity contribution in [3.05, 3.63) is 72.2 Å². The van der Waals surface area contributed by atoms with Gasteiger partial charge in [0.05, 0.1) is 24.5 Å². The Balaban J connectivity index is 1.87. The third-order valence-electron chi connectivity index (χ3n) is 4.42. The maximum atomic E-state index is 14.4. The maximum absolute atomic E-state index is 14.4. The van der Waals surface area contributed by atoms with Crippen LogP contribution in [0.1, 0.15) is 12.0 Å². The molecular formula is C21H19FN2O. The fraction of sp³-hybridized carbons (Fsp3) is 0.190. The lowest BCUT2D eigenvalue weighted by molar-refractivity contribution is 0.159. The molecule has 0 saturated carbocycles. The summed E-state index contributed by atoms with van der Waals surface area (Å²) >= 11 is 0. The first-order chi connectivity index (χ1) is 12.2. The third kappa shape index (κ3) is 3.13. The molecule has 3 nitrogen and oxygen atoms in total. The van der Waals surface area contributed by atoms with Gasteiger partial charge in [-0.25, -0.2) is 9.37 Å². The smallest absolute Gasteiger partial charge is 0.147 e. The van der Waals surface area contributed by atoms with Gasteiger partial charge in [0.15, 0.2) is 0 Å². The van der Waals surface area contributed by atoms with E-state index < -0.39 is 0 Å². The second kappa shape index (κ2) is 6.65. The minimum absolute atomic E-state index is 0.266. The number of benzene rings is 2. The van der Waals surface area contributed by atoms with Crippen molar-refractivity contribution in [2.75, 3.05) is 13.2 Å². The van der Waals surface area contributed by atoms with E-state index in [9.17, 15) is 4.39 Å².